The normalized spacial score (nSPS) is 12.8. The number of ether oxygens (including phenoxy) is 1. The van der Waals surface area contributed by atoms with Crippen molar-refractivity contribution in [3.05, 3.63) is 247 Å². The van der Waals surface area contributed by atoms with E-state index in [1.165, 1.54) is 38.9 Å². The molecule has 0 aliphatic carbocycles. The number of anilines is 4. The Labute approximate surface area is 427 Å². The van der Waals surface area contributed by atoms with Crippen LogP contribution in [0.1, 0.15) is 76.3 Å². The summed E-state index contributed by atoms with van der Waals surface area (Å²) in [5, 5.41) is 2.21. The molecule has 0 fully saturated rings. The zero-order valence-electron chi connectivity index (χ0n) is 40.6. The fraction of sp³-hybridized carbons (Fsp3) is 0.156. The SMILES string of the molecule is CC(C)(C)c1ccc2c(c1)N(c1[c-]c(Oc3[c-]c4c(cc3)c3ccccc3n4-c3cc(C(C)(C)c4ccccc4)ccn3)ccc1)[CH-]N2c1cc(-c2ccccc2)cc(C(C)(C)c2ccccc2)c1.[Pt]. The zero-order chi connectivity index (χ0) is 47.5. The van der Waals surface area contributed by atoms with E-state index in [9.17, 15) is 0 Å². The molecule has 0 saturated heterocycles. The predicted molar refractivity (Wildman–Crippen MR) is 286 cm³/mol. The standard InChI is InChI=1S/C64H55N4O.Pt/c1-62(2,3)48-30-33-58-60(39-48)66(43-67(58)52-37-45(44-20-11-8-12-21-44)36-50(38-52)64(6,7)47-24-15-10-16-25-47)51-26-19-27-53(41-51)69-54-31-32-56-55-28-17-18-29-57(55)68(59(56)42-54)61-40-49(34-35-65-61)63(4,5)46-22-13-9-14-23-46;/h8-40,43H,1-7H3;/q-3;. The van der Waals surface area contributed by atoms with Crippen molar-refractivity contribution in [3.8, 4) is 28.4 Å². The number of aromatic nitrogens is 2. The van der Waals surface area contributed by atoms with Gasteiger partial charge in [0.1, 0.15) is 5.82 Å². The van der Waals surface area contributed by atoms with Gasteiger partial charge in [-0.3, -0.25) is 0 Å². The van der Waals surface area contributed by atoms with Crippen molar-refractivity contribution in [3.63, 3.8) is 0 Å². The molecule has 6 heteroatoms. The molecule has 10 aromatic rings. The van der Waals surface area contributed by atoms with Crippen LogP contribution in [0.2, 0.25) is 0 Å². The van der Waals surface area contributed by atoms with Crippen LogP contribution in [0.5, 0.6) is 11.5 Å². The number of nitrogens with zero attached hydrogens (tertiary/aromatic N) is 4. The van der Waals surface area contributed by atoms with Crippen LogP contribution in [0, 0.1) is 18.8 Å². The van der Waals surface area contributed by atoms with Gasteiger partial charge in [-0.25, -0.2) is 4.98 Å². The number of benzene rings is 8. The minimum absolute atomic E-state index is 0. The van der Waals surface area contributed by atoms with Gasteiger partial charge in [-0.1, -0.05) is 175 Å². The monoisotopic (exact) mass is 1090 g/mol. The second kappa shape index (κ2) is 18.3. The van der Waals surface area contributed by atoms with Gasteiger partial charge >= 0.3 is 0 Å². The molecule has 0 saturated carbocycles. The molecule has 2 aromatic heterocycles. The van der Waals surface area contributed by atoms with Crippen molar-refractivity contribution in [2.75, 3.05) is 9.80 Å². The molecule has 3 heterocycles. The average molecular weight is 1090 g/mol. The van der Waals surface area contributed by atoms with Crippen LogP contribution in [0.15, 0.2) is 200 Å². The molecular weight excluding hydrogens is 1040 g/mol. The number of rotatable bonds is 10. The molecule has 0 spiro atoms. The Morgan fingerprint density at radius 1 is 0.471 bits per heavy atom. The van der Waals surface area contributed by atoms with Crippen LogP contribution in [0.25, 0.3) is 38.8 Å². The molecule has 70 heavy (non-hydrogen) atoms. The molecule has 0 unspecified atom stereocenters. The molecule has 8 aromatic carbocycles. The summed E-state index contributed by atoms with van der Waals surface area (Å²) < 4.78 is 8.96. The van der Waals surface area contributed by atoms with Gasteiger partial charge in [-0.2, -0.15) is 12.1 Å². The van der Waals surface area contributed by atoms with E-state index in [2.05, 4.69) is 258 Å². The number of pyridine rings is 1. The first kappa shape index (κ1) is 46.5. The van der Waals surface area contributed by atoms with Crippen molar-refractivity contribution >= 4 is 44.6 Å². The Bertz CT molecular complexity index is 3500. The van der Waals surface area contributed by atoms with Crippen molar-refractivity contribution < 1.29 is 25.8 Å². The fourth-order valence-corrected chi connectivity index (χ4v) is 9.83. The maximum absolute atomic E-state index is 6.75. The summed E-state index contributed by atoms with van der Waals surface area (Å²) in [6.07, 6.45) is 1.92. The van der Waals surface area contributed by atoms with E-state index in [-0.39, 0.29) is 37.3 Å². The Kier molecular flexibility index (Phi) is 12.1. The molecule has 0 bridgehead atoms. The molecule has 0 amide bonds. The molecule has 0 N–H and O–H groups in total. The first-order valence-corrected chi connectivity index (χ1v) is 23.9. The third-order valence-electron chi connectivity index (χ3n) is 14.1. The van der Waals surface area contributed by atoms with E-state index in [4.69, 9.17) is 9.72 Å². The molecule has 0 radical (unpaired) electrons. The van der Waals surface area contributed by atoms with Crippen molar-refractivity contribution in [2.45, 2.75) is 64.7 Å². The Balaban J connectivity index is 0.00000567. The predicted octanol–water partition coefficient (Wildman–Crippen LogP) is 16.6. The summed E-state index contributed by atoms with van der Waals surface area (Å²) in [5.74, 6) is 2.01. The number of hydrogen-bond acceptors (Lipinski definition) is 4. The largest absolute Gasteiger partial charge is 0.509 e. The van der Waals surface area contributed by atoms with Gasteiger partial charge in [-0.05, 0) is 92.2 Å². The van der Waals surface area contributed by atoms with Gasteiger partial charge in [0.05, 0.1) is 0 Å². The van der Waals surface area contributed by atoms with Gasteiger partial charge in [0.25, 0.3) is 0 Å². The quantitative estimate of drug-likeness (QED) is 0.128. The van der Waals surface area contributed by atoms with Crippen LogP contribution < -0.4 is 14.5 Å². The molecule has 0 atom stereocenters. The number of fused-ring (bicyclic) bond motifs is 4. The summed E-state index contributed by atoms with van der Waals surface area (Å²) in [6.45, 7) is 18.2. The number of hydrogen-bond donors (Lipinski definition) is 0. The van der Waals surface area contributed by atoms with Gasteiger partial charge in [0, 0.05) is 72.2 Å². The van der Waals surface area contributed by atoms with Gasteiger partial charge < -0.3 is 19.1 Å². The van der Waals surface area contributed by atoms with E-state index in [0.29, 0.717) is 11.5 Å². The van der Waals surface area contributed by atoms with Crippen LogP contribution in [0.4, 0.5) is 22.7 Å². The average Bonchev–Trinajstić information content (AvgIpc) is 3.93. The maximum atomic E-state index is 6.75. The minimum Gasteiger partial charge on any atom is -0.509 e. The second-order valence-corrected chi connectivity index (χ2v) is 20.3. The number of para-hydroxylation sites is 1. The third kappa shape index (κ3) is 8.51. The first-order chi connectivity index (χ1) is 33.3. The van der Waals surface area contributed by atoms with Crippen LogP contribution in [-0.4, -0.2) is 9.55 Å². The third-order valence-corrected chi connectivity index (χ3v) is 14.1. The summed E-state index contributed by atoms with van der Waals surface area (Å²) in [4.78, 5) is 9.53. The Hall–Kier alpha value is -7.20. The van der Waals surface area contributed by atoms with E-state index >= 15 is 0 Å². The zero-order valence-corrected chi connectivity index (χ0v) is 42.9. The molecule has 350 valence electrons. The van der Waals surface area contributed by atoms with E-state index < -0.39 is 0 Å². The molecular formula is C64H55N4OPt-3. The van der Waals surface area contributed by atoms with Crippen molar-refractivity contribution in [1.29, 1.82) is 0 Å². The Morgan fingerprint density at radius 3 is 1.84 bits per heavy atom. The summed E-state index contributed by atoms with van der Waals surface area (Å²) in [5.41, 5.74) is 14.0. The van der Waals surface area contributed by atoms with E-state index in [0.717, 1.165) is 50.4 Å². The van der Waals surface area contributed by atoms with Gasteiger partial charge in [0.2, 0.25) is 0 Å². The smallest absolute Gasteiger partial charge is 0.135 e. The Morgan fingerprint density at radius 2 is 1.13 bits per heavy atom. The van der Waals surface area contributed by atoms with Gasteiger partial charge in [-0.15, -0.1) is 48.1 Å². The van der Waals surface area contributed by atoms with Crippen LogP contribution >= 0.6 is 0 Å². The molecule has 11 rings (SSSR count). The second-order valence-electron chi connectivity index (χ2n) is 20.3. The van der Waals surface area contributed by atoms with Crippen molar-refractivity contribution in [2.24, 2.45) is 0 Å². The van der Waals surface area contributed by atoms with E-state index in [1.54, 1.807) is 0 Å². The fourth-order valence-electron chi connectivity index (χ4n) is 9.83. The summed E-state index contributed by atoms with van der Waals surface area (Å²) >= 11 is 0. The van der Waals surface area contributed by atoms with Gasteiger partial charge in [0.15, 0.2) is 0 Å². The van der Waals surface area contributed by atoms with Crippen LogP contribution in [0.3, 0.4) is 0 Å². The van der Waals surface area contributed by atoms with Crippen molar-refractivity contribution in [1.82, 2.24) is 9.55 Å². The first-order valence-electron chi connectivity index (χ1n) is 23.9. The van der Waals surface area contributed by atoms with Crippen LogP contribution in [-0.2, 0) is 37.3 Å². The summed E-state index contributed by atoms with van der Waals surface area (Å²) in [6, 6.07) is 76.4. The summed E-state index contributed by atoms with van der Waals surface area (Å²) in [7, 11) is 0. The molecule has 5 nitrogen and oxygen atoms in total. The minimum atomic E-state index is -0.257. The maximum Gasteiger partial charge on any atom is 0.135 e. The van der Waals surface area contributed by atoms with E-state index in [1.807, 2.05) is 24.4 Å². The molecule has 1 aliphatic rings. The topological polar surface area (TPSA) is 33.5 Å². The molecule has 1 aliphatic heterocycles.